The Kier molecular flexibility index (Phi) is 8.48. The third-order valence-electron chi connectivity index (χ3n) is 7.09. The average molecular weight is 595 g/mol. The standard InChI is InChI=1S/C33H30N4O3S2/c1-22-14-16-25(17-15-22)37-32(39)30-27-12-5-6-13-28(27)42-31(30)35-33(37)41-21-29(38)36-34-19-24-10-7-11-26(18-24)40-20-23-8-3-2-4-9-23/h2-4,7-11,14-19H,5-6,12-13,20-21H2,1H3,(H,36,38)/b34-19+. The number of thiophene rings is 1. The van der Waals surface area contributed by atoms with E-state index in [2.05, 4.69) is 10.5 Å². The van der Waals surface area contributed by atoms with Gasteiger partial charge < -0.3 is 4.74 Å². The first-order chi connectivity index (χ1) is 20.5. The summed E-state index contributed by atoms with van der Waals surface area (Å²) in [6.45, 7) is 2.48. The molecule has 212 valence electrons. The fourth-order valence-corrected chi connectivity index (χ4v) is 7.08. The van der Waals surface area contributed by atoms with Crippen molar-refractivity contribution in [1.82, 2.24) is 15.0 Å². The Bertz CT molecular complexity index is 1810. The van der Waals surface area contributed by atoms with Crippen molar-refractivity contribution in [3.05, 3.63) is 116 Å². The van der Waals surface area contributed by atoms with Crippen LogP contribution in [0.25, 0.3) is 15.9 Å². The minimum atomic E-state index is -0.289. The third-order valence-corrected chi connectivity index (χ3v) is 9.22. The molecule has 5 aromatic rings. The van der Waals surface area contributed by atoms with Gasteiger partial charge in [0.05, 0.1) is 23.0 Å². The zero-order valence-electron chi connectivity index (χ0n) is 23.2. The number of nitrogens with one attached hydrogen (secondary N) is 1. The quantitative estimate of drug-likeness (QED) is 0.0917. The molecule has 42 heavy (non-hydrogen) atoms. The Labute approximate surface area is 252 Å². The minimum Gasteiger partial charge on any atom is -0.489 e. The van der Waals surface area contributed by atoms with Gasteiger partial charge in [0.2, 0.25) is 0 Å². The van der Waals surface area contributed by atoms with Crippen molar-refractivity contribution in [3.8, 4) is 11.4 Å². The minimum absolute atomic E-state index is 0.0620. The van der Waals surface area contributed by atoms with E-state index in [9.17, 15) is 9.59 Å². The summed E-state index contributed by atoms with van der Waals surface area (Å²) >= 11 is 2.85. The molecular formula is C33H30N4O3S2. The Morgan fingerprint density at radius 3 is 2.71 bits per heavy atom. The van der Waals surface area contributed by atoms with E-state index in [-0.39, 0.29) is 17.2 Å². The SMILES string of the molecule is Cc1ccc(-n2c(SCC(=O)N/N=C/c3cccc(OCc4ccccc4)c3)nc3sc4c(c3c2=O)CCCC4)cc1. The summed E-state index contributed by atoms with van der Waals surface area (Å²) in [5, 5.41) is 5.36. The zero-order chi connectivity index (χ0) is 28.9. The van der Waals surface area contributed by atoms with Gasteiger partial charge in [-0.2, -0.15) is 5.10 Å². The smallest absolute Gasteiger partial charge is 0.267 e. The maximum Gasteiger partial charge on any atom is 0.267 e. The highest BCUT2D eigenvalue weighted by molar-refractivity contribution is 7.99. The second-order valence-electron chi connectivity index (χ2n) is 10.2. The lowest BCUT2D eigenvalue weighted by Crippen LogP contribution is -2.24. The van der Waals surface area contributed by atoms with Crippen LogP contribution in [0.4, 0.5) is 0 Å². The van der Waals surface area contributed by atoms with E-state index >= 15 is 0 Å². The van der Waals surface area contributed by atoms with Gasteiger partial charge >= 0.3 is 0 Å². The molecule has 0 fully saturated rings. The highest BCUT2D eigenvalue weighted by Crippen LogP contribution is 2.35. The molecule has 7 nitrogen and oxygen atoms in total. The van der Waals surface area contributed by atoms with Crippen molar-refractivity contribution in [2.75, 3.05) is 5.75 Å². The number of ether oxygens (including phenoxy) is 1. The lowest BCUT2D eigenvalue weighted by atomic mass is 9.97. The summed E-state index contributed by atoms with van der Waals surface area (Å²) < 4.78 is 7.53. The number of thioether (sulfide) groups is 1. The molecule has 0 unspecified atom stereocenters. The molecule has 0 spiro atoms. The number of hydrazone groups is 1. The summed E-state index contributed by atoms with van der Waals surface area (Å²) in [7, 11) is 0. The lowest BCUT2D eigenvalue weighted by Gasteiger charge is -2.13. The fraction of sp³-hybridized carbons (Fsp3) is 0.212. The van der Waals surface area contributed by atoms with Crippen LogP contribution in [-0.2, 0) is 24.2 Å². The molecule has 1 N–H and O–H groups in total. The Morgan fingerprint density at radius 2 is 1.88 bits per heavy atom. The molecule has 0 saturated heterocycles. The molecule has 1 aliphatic rings. The molecule has 2 aromatic heterocycles. The first kappa shape index (κ1) is 27.9. The van der Waals surface area contributed by atoms with E-state index in [4.69, 9.17) is 9.72 Å². The number of benzene rings is 3. The maximum atomic E-state index is 13.9. The summed E-state index contributed by atoms with van der Waals surface area (Å²) in [6, 6.07) is 25.3. The van der Waals surface area contributed by atoms with Crippen LogP contribution < -0.4 is 15.7 Å². The summed E-state index contributed by atoms with van der Waals surface area (Å²) in [5.41, 5.74) is 7.41. The van der Waals surface area contributed by atoms with E-state index in [0.29, 0.717) is 11.8 Å². The molecule has 1 amide bonds. The predicted octanol–water partition coefficient (Wildman–Crippen LogP) is 6.46. The number of rotatable bonds is 9. The van der Waals surface area contributed by atoms with Gasteiger partial charge in [-0.1, -0.05) is 71.9 Å². The second kappa shape index (κ2) is 12.8. The predicted molar refractivity (Wildman–Crippen MR) is 170 cm³/mol. The molecule has 6 rings (SSSR count). The van der Waals surface area contributed by atoms with Crippen molar-refractivity contribution >= 4 is 45.4 Å². The Morgan fingerprint density at radius 1 is 1.07 bits per heavy atom. The van der Waals surface area contributed by atoms with Gasteiger partial charge in [-0.3, -0.25) is 14.2 Å². The van der Waals surface area contributed by atoms with Gasteiger partial charge in [-0.15, -0.1) is 11.3 Å². The van der Waals surface area contributed by atoms with E-state index in [1.54, 1.807) is 22.1 Å². The van der Waals surface area contributed by atoms with Crippen LogP contribution in [0.3, 0.4) is 0 Å². The van der Waals surface area contributed by atoms with E-state index < -0.39 is 0 Å². The van der Waals surface area contributed by atoms with Crippen LogP contribution in [0.15, 0.2) is 93.9 Å². The summed E-state index contributed by atoms with van der Waals surface area (Å²) in [4.78, 5) is 33.5. The van der Waals surface area contributed by atoms with Crippen LogP contribution in [0.5, 0.6) is 5.75 Å². The van der Waals surface area contributed by atoms with Crippen LogP contribution in [0, 0.1) is 6.92 Å². The number of nitrogens with zero attached hydrogens (tertiary/aromatic N) is 3. The highest BCUT2D eigenvalue weighted by atomic mass is 32.2. The Hall–Kier alpha value is -4.21. The van der Waals surface area contributed by atoms with Crippen LogP contribution in [0.2, 0.25) is 0 Å². The molecule has 1 aliphatic carbocycles. The number of carbonyl (C=O) groups is 1. The number of aryl methyl sites for hydroxylation is 3. The number of amides is 1. The number of carbonyl (C=O) groups excluding carboxylic acids is 1. The molecule has 0 bridgehead atoms. The zero-order valence-corrected chi connectivity index (χ0v) is 24.8. The van der Waals surface area contributed by atoms with Crippen molar-refractivity contribution in [1.29, 1.82) is 0 Å². The average Bonchev–Trinajstić information content (AvgIpc) is 3.39. The number of hydrogen-bond acceptors (Lipinski definition) is 7. The van der Waals surface area contributed by atoms with Crippen LogP contribution in [0.1, 0.15) is 40.0 Å². The normalized spacial score (nSPS) is 12.9. The fourth-order valence-electron chi connectivity index (χ4n) is 4.97. The van der Waals surface area contributed by atoms with Crippen molar-refractivity contribution < 1.29 is 9.53 Å². The first-order valence-corrected chi connectivity index (χ1v) is 15.7. The molecular weight excluding hydrogens is 565 g/mol. The maximum absolute atomic E-state index is 13.9. The monoisotopic (exact) mass is 594 g/mol. The first-order valence-electron chi connectivity index (χ1n) is 13.9. The molecule has 3 aromatic carbocycles. The van der Waals surface area contributed by atoms with Gasteiger partial charge in [-0.05, 0) is 73.6 Å². The third kappa shape index (κ3) is 6.32. The molecule has 9 heteroatoms. The van der Waals surface area contributed by atoms with Gasteiger partial charge in [0.1, 0.15) is 17.2 Å². The van der Waals surface area contributed by atoms with Crippen LogP contribution in [-0.4, -0.2) is 27.4 Å². The van der Waals surface area contributed by atoms with Gasteiger partial charge in [0, 0.05) is 4.88 Å². The summed E-state index contributed by atoms with van der Waals surface area (Å²) in [6.07, 6.45) is 5.71. The van der Waals surface area contributed by atoms with E-state index in [1.165, 1.54) is 16.6 Å². The van der Waals surface area contributed by atoms with Gasteiger partial charge in [0.15, 0.2) is 5.16 Å². The highest BCUT2D eigenvalue weighted by Gasteiger charge is 2.23. The topological polar surface area (TPSA) is 85.6 Å². The number of fused-ring (bicyclic) bond motifs is 3. The summed E-state index contributed by atoms with van der Waals surface area (Å²) in [5.74, 6) is 0.491. The van der Waals surface area contributed by atoms with E-state index in [1.807, 2.05) is 85.8 Å². The van der Waals surface area contributed by atoms with Crippen molar-refractivity contribution in [2.24, 2.45) is 5.10 Å². The van der Waals surface area contributed by atoms with E-state index in [0.717, 1.165) is 69.6 Å². The molecule has 0 atom stereocenters. The largest absolute Gasteiger partial charge is 0.489 e. The molecule has 2 heterocycles. The number of hydrogen-bond donors (Lipinski definition) is 1. The van der Waals surface area contributed by atoms with Gasteiger partial charge in [-0.25, -0.2) is 10.4 Å². The molecule has 0 saturated carbocycles. The molecule has 0 aliphatic heterocycles. The Balaban J connectivity index is 1.16. The van der Waals surface area contributed by atoms with Crippen molar-refractivity contribution in [2.45, 2.75) is 44.4 Å². The van der Waals surface area contributed by atoms with Crippen molar-refractivity contribution in [3.63, 3.8) is 0 Å². The molecule has 0 radical (unpaired) electrons. The lowest BCUT2D eigenvalue weighted by molar-refractivity contribution is -0.118. The van der Waals surface area contributed by atoms with Crippen LogP contribution >= 0.6 is 23.1 Å². The van der Waals surface area contributed by atoms with Gasteiger partial charge in [0.25, 0.3) is 11.5 Å². The second-order valence-corrected chi connectivity index (χ2v) is 12.2. The number of aromatic nitrogens is 2.